The van der Waals surface area contributed by atoms with Gasteiger partial charge < -0.3 is 16.2 Å². The van der Waals surface area contributed by atoms with Crippen LogP contribution < -0.4 is 11.1 Å². The Kier molecular flexibility index (Phi) is 4.30. The van der Waals surface area contributed by atoms with Gasteiger partial charge in [0.05, 0.1) is 0 Å². The van der Waals surface area contributed by atoms with Crippen molar-refractivity contribution in [2.24, 2.45) is 5.92 Å². The molecule has 90 valence electrons. The zero-order valence-electron chi connectivity index (χ0n) is 9.53. The first-order valence-corrected chi connectivity index (χ1v) is 5.27. The number of aromatic amines is 1. The Morgan fingerprint density at radius 2 is 2.38 bits per heavy atom. The SMILES string of the molecule is CC(C)C(CCO)NC(=O)c1cc(N)n[nH]1. The molecule has 1 unspecified atom stereocenters. The number of rotatable bonds is 5. The summed E-state index contributed by atoms with van der Waals surface area (Å²) >= 11 is 0. The molecule has 16 heavy (non-hydrogen) atoms. The molecular formula is C10H18N4O2. The number of aromatic nitrogens is 2. The zero-order valence-corrected chi connectivity index (χ0v) is 9.53. The predicted molar refractivity (Wildman–Crippen MR) is 60.8 cm³/mol. The van der Waals surface area contributed by atoms with Gasteiger partial charge in [-0.25, -0.2) is 0 Å². The van der Waals surface area contributed by atoms with E-state index in [1.54, 1.807) is 0 Å². The second-order valence-electron chi connectivity index (χ2n) is 4.04. The lowest BCUT2D eigenvalue weighted by Crippen LogP contribution is -2.39. The first kappa shape index (κ1) is 12.5. The second-order valence-corrected chi connectivity index (χ2v) is 4.04. The normalized spacial score (nSPS) is 12.8. The topological polar surface area (TPSA) is 104 Å². The van der Waals surface area contributed by atoms with Crippen LogP contribution in [-0.4, -0.2) is 33.9 Å². The molecule has 0 bridgehead atoms. The van der Waals surface area contributed by atoms with Gasteiger partial charge in [0.1, 0.15) is 11.5 Å². The van der Waals surface area contributed by atoms with Gasteiger partial charge in [-0.3, -0.25) is 9.89 Å². The summed E-state index contributed by atoms with van der Waals surface area (Å²) in [7, 11) is 0. The van der Waals surface area contributed by atoms with Gasteiger partial charge in [0.15, 0.2) is 0 Å². The molecule has 6 nitrogen and oxygen atoms in total. The number of nitrogens with one attached hydrogen (secondary N) is 2. The van der Waals surface area contributed by atoms with E-state index in [1.807, 2.05) is 13.8 Å². The summed E-state index contributed by atoms with van der Waals surface area (Å²) in [6.07, 6.45) is 0.535. The van der Waals surface area contributed by atoms with Gasteiger partial charge >= 0.3 is 0 Å². The molecule has 1 aromatic rings. The van der Waals surface area contributed by atoms with Crippen molar-refractivity contribution in [2.45, 2.75) is 26.3 Å². The molecule has 0 saturated heterocycles. The van der Waals surface area contributed by atoms with Gasteiger partial charge in [0.2, 0.25) is 0 Å². The molecular weight excluding hydrogens is 208 g/mol. The van der Waals surface area contributed by atoms with Gasteiger partial charge in [-0.05, 0) is 12.3 Å². The Labute approximate surface area is 94.2 Å². The number of anilines is 1. The number of hydrogen-bond acceptors (Lipinski definition) is 4. The summed E-state index contributed by atoms with van der Waals surface area (Å²) in [6.45, 7) is 4.03. The monoisotopic (exact) mass is 226 g/mol. The predicted octanol–water partition coefficient (Wildman–Crippen LogP) is 0.129. The van der Waals surface area contributed by atoms with Crippen LogP contribution in [0.5, 0.6) is 0 Å². The largest absolute Gasteiger partial charge is 0.396 e. The molecule has 0 aromatic carbocycles. The summed E-state index contributed by atoms with van der Waals surface area (Å²) in [6, 6.07) is 1.42. The minimum atomic E-state index is -0.253. The molecule has 1 aromatic heterocycles. The fraction of sp³-hybridized carbons (Fsp3) is 0.600. The summed E-state index contributed by atoms with van der Waals surface area (Å²) < 4.78 is 0. The molecule has 0 aliphatic carbocycles. The van der Waals surface area contributed by atoms with E-state index in [-0.39, 0.29) is 30.3 Å². The standard InChI is InChI=1S/C10H18N4O2/c1-6(2)7(3-4-15)12-10(16)8-5-9(11)14-13-8/h5-7,15H,3-4H2,1-2H3,(H,12,16)(H3,11,13,14). The molecule has 1 heterocycles. The Morgan fingerprint density at radius 1 is 1.69 bits per heavy atom. The van der Waals surface area contributed by atoms with Crippen LogP contribution in [0.2, 0.25) is 0 Å². The summed E-state index contributed by atoms with van der Waals surface area (Å²) in [5.74, 6) is 0.293. The number of nitrogen functional groups attached to an aromatic ring is 1. The molecule has 5 N–H and O–H groups in total. The van der Waals surface area contributed by atoms with Gasteiger partial charge in [-0.1, -0.05) is 13.8 Å². The highest BCUT2D eigenvalue weighted by Crippen LogP contribution is 2.07. The number of aliphatic hydroxyl groups is 1. The smallest absolute Gasteiger partial charge is 0.269 e. The van der Waals surface area contributed by atoms with Crippen molar-refractivity contribution in [3.63, 3.8) is 0 Å². The highest BCUT2D eigenvalue weighted by molar-refractivity contribution is 5.93. The van der Waals surface area contributed by atoms with E-state index < -0.39 is 0 Å². The lowest BCUT2D eigenvalue weighted by Gasteiger charge is -2.20. The second kappa shape index (κ2) is 5.50. The summed E-state index contributed by atoms with van der Waals surface area (Å²) in [5.41, 5.74) is 5.74. The lowest BCUT2D eigenvalue weighted by molar-refractivity contribution is 0.0911. The van der Waals surface area contributed by atoms with E-state index in [9.17, 15) is 4.79 Å². The molecule has 0 radical (unpaired) electrons. The number of aliphatic hydroxyl groups excluding tert-OH is 1. The van der Waals surface area contributed by atoms with E-state index in [2.05, 4.69) is 15.5 Å². The fourth-order valence-electron chi connectivity index (χ4n) is 1.41. The fourth-order valence-corrected chi connectivity index (χ4v) is 1.41. The van der Waals surface area contributed by atoms with Crippen molar-refractivity contribution < 1.29 is 9.90 Å². The molecule has 0 aliphatic heterocycles. The van der Waals surface area contributed by atoms with Crippen molar-refractivity contribution >= 4 is 11.7 Å². The average Bonchev–Trinajstić information content (AvgIpc) is 2.64. The first-order valence-electron chi connectivity index (χ1n) is 5.27. The van der Waals surface area contributed by atoms with E-state index in [1.165, 1.54) is 6.07 Å². The van der Waals surface area contributed by atoms with Gasteiger partial charge in [0, 0.05) is 18.7 Å². The Balaban J connectivity index is 2.61. The van der Waals surface area contributed by atoms with Crippen LogP contribution in [0.15, 0.2) is 6.07 Å². The number of H-pyrrole nitrogens is 1. The van der Waals surface area contributed by atoms with Gasteiger partial charge in [-0.15, -0.1) is 0 Å². The highest BCUT2D eigenvalue weighted by Gasteiger charge is 2.17. The third-order valence-electron chi connectivity index (χ3n) is 2.40. The number of nitrogens with two attached hydrogens (primary N) is 1. The van der Waals surface area contributed by atoms with Crippen LogP contribution in [0.25, 0.3) is 0 Å². The van der Waals surface area contributed by atoms with E-state index >= 15 is 0 Å². The van der Waals surface area contributed by atoms with Crippen LogP contribution >= 0.6 is 0 Å². The number of carbonyl (C=O) groups excluding carboxylic acids is 1. The third-order valence-corrected chi connectivity index (χ3v) is 2.40. The van der Waals surface area contributed by atoms with E-state index in [0.29, 0.717) is 12.1 Å². The Morgan fingerprint density at radius 3 is 2.81 bits per heavy atom. The molecule has 1 rings (SSSR count). The molecule has 0 saturated carbocycles. The highest BCUT2D eigenvalue weighted by atomic mass is 16.3. The van der Waals surface area contributed by atoms with E-state index in [0.717, 1.165) is 0 Å². The number of carbonyl (C=O) groups is 1. The van der Waals surface area contributed by atoms with E-state index in [4.69, 9.17) is 10.8 Å². The number of hydrogen-bond donors (Lipinski definition) is 4. The molecule has 0 fully saturated rings. The third kappa shape index (κ3) is 3.23. The van der Waals surface area contributed by atoms with Crippen molar-refractivity contribution in [1.82, 2.24) is 15.5 Å². The van der Waals surface area contributed by atoms with Crippen LogP contribution in [0.3, 0.4) is 0 Å². The number of amides is 1. The average molecular weight is 226 g/mol. The van der Waals surface area contributed by atoms with Crippen molar-refractivity contribution in [3.8, 4) is 0 Å². The van der Waals surface area contributed by atoms with Crippen LogP contribution in [0, 0.1) is 5.92 Å². The molecule has 1 atom stereocenters. The zero-order chi connectivity index (χ0) is 12.1. The molecule has 0 spiro atoms. The van der Waals surface area contributed by atoms with Crippen LogP contribution in [0.1, 0.15) is 30.8 Å². The summed E-state index contributed by atoms with van der Waals surface area (Å²) in [5, 5.41) is 17.9. The van der Waals surface area contributed by atoms with Crippen molar-refractivity contribution in [3.05, 3.63) is 11.8 Å². The quantitative estimate of drug-likeness (QED) is 0.572. The minimum Gasteiger partial charge on any atom is -0.396 e. The Hall–Kier alpha value is -1.56. The lowest BCUT2D eigenvalue weighted by atomic mass is 10.0. The van der Waals surface area contributed by atoms with Gasteiger partial charge in [0.25, 0.3) is 5.91 Å². The van der Waals surface area contributed by atoms with Crippen molar-refractivity contribution in [2.75, 3.05) is 12.3 Å². The maximum absolute atomic E-state index is 11.7. The van der Waals surface area contributed by atoms with Gasteiger partial charge in [-0.2, -0.15) is 5.10 Å². The van der Waals surface area contributed by atoms with Crippen molar-refractivity contribution in [1.29, 1.82) is 0 Å². The molecule has 0 aliphatic rings. The van der Waals surface area contributed by atoms with Crippen LogP contribution in [-0.2, 0) is 0 Å². The maximum Gasteiger partial charge on any atom is 0.269 e. The first-order chi connectivity index (χ1) is 7.54. The minimum absolute atomic E-state index is 0.0498. The van der Waals surface area contributed by atoms with Crippen LogP contribution in [0.4, 0.5) is 5.82 Å². The molecule has 1 amide bonds. The number of nitrogens with zero attached hydrogens (tertiary/aromatic N) is 1. The summed E-state index contributed by atoms with van der Waals surface area (Å²) in [4.78, 5) is 11.7. The Bertz CT molecular complexity index is 348. The maximum atomic E-state index is 11.7. The molecule has 6 heteroatoms.